The zero-order chi connectivity index (χ0) is 13.8. The maximum Gasteiger partial charge on any atom is 0.272 e. The van der Waals surface area contributed by atoms with Gasteiger partial charge in [-0.1, -0.05) is 24.4 Å². The lowest BCUT2D eigenvalue weighted by atomic mass is 9.95. The molecule has 0 saturated heterocycles. The molecule has 0 amide bonds. The molecule has 1 unspecified atom stereocenters. The van der Waals surface area contributed by atoms with Crippen molar-refractivity contribution in [2.45, 2.75) is 44.6 Å². The van der Waals surface area contributed by atoms with Gasteiger partial charge in [-0.15, -0.1) is 0 Å². The Morgan fingerprint density at radius 2 is 2.11 bits per heavy atom. The summed E-state index contributed by atoms with van der Waals surface area (Å²) < 4.78 is 0. The minimum absolute atomic E-state index is 0.0861. The topological polar surface area (TPSA) is 63.4 Å². The van der Waals surface area contributed by atoms with Crippen LogP contribution in [0.3, 0.4) is 0 Å². The zero-order valence-electron chi connectivity index (χ0n) is 10.7. The van der Waals surface area contributed by atoms with E-state index in [4.69, 9.17) is 11.6 Å². The number of benzene rings is 1. The van der Waals surface area contributed by atoms with E-state index >= 15 is 0 Å². The van der Waals surface area contributed by atoms with Crippen molar-refractivity contribution in [2.75, 3.05) is 0 Å². The second-order valence-electron chi connectivity index (χ2n) is 5.18. The van der Waals surface area contributed by atoms with E-state index in [1.54, 1.807) is 6.07 Å². The molecule has 1 aliphatic rings. The number of nitrogens with zero attached hydrogens (tertiary/aromatic N) is 1. The van der Waals surface area contributed by atoms with Gasteiger partial charge in [0, 0.05) is 16.7 Å². The number of hydrogen-bond donors (Lipinski definition) is 1. The predicted octanol–water partition coefficient (Wildman–Crippen LogP) is 3.73. The summed E-state index contributed by atoms with van der Waals surface area (Å²) >= 11 is 5.88. The normalized spacial score (nSPS) is 17.6. The van der Waals surface area contributed by atoms with Gasteiger partial charge in [0.1, 0.15) is 0 Å². The van der Waals surface area contributed by atoms with E-state index < -0.39 is 4.92 Å². The highest BCUT2D eigenvalue weighted by Crippen LogP contribution is 2.31. The number of nitro groups is 1. The number of nitro benzene ring substituents is 1. The quantitative estimate of drug-likeness (QED) is 0.661. The summed E-state index contributed by atoms with van der Waals surface area (Å²) in [7, 11) is 0. The Balaban J connectivity index is 2.01. The van der Waals surface area contributed by atoms with Crippen molar-refractivity contribution < 1.29 is 10.0 Å². The van der Waals surface area contributed by atoms with Crippen LogP contribution >= 0.6 is 11.6 Å². The van der Waals surface area contributed by atoms with Crippen LogP contribution in [0.4, 0.5) is 5.69 Å². The summed E-state index contributed by atoms with van der Waals surface area (Å²) in [5.74, 6) is 0.359. The van der Waals surface area contributed by atoms with Gasteiger partial charge < -0.3 is 5.11 Å². The Bertz CT molecular complexity index is 458. The number of aliphatic hydroxyl groups is 1. The van der Waals surface area contributed by atoms with Gasteiger partial charge in [0.2, 0.25) is 0 Å². The highest BCUT2D eigenvalue weighted by molar-refractivity contribution is 6.30. The van der Waals surface area contributed by atoms with E-state index in [0.717, 1.165) is 12.8 Å². The molecule has 0 aliphatic heterocycles. The van der Waals surface area contributed by atoms with E-state index in [1.807, 2.05) is 0 Å². The van der Waals surface area contributed by atoms with Gasteiger partial charge in [-0.05, 0) is 43.7 Å². The molecule has 1 N–H and O–H groups in total. The largest absolute Gasteiger partial charge is 0.393 e. The van der Waals surface area contributed by atoms with Gasteiger partial charge in [0.05, 0.1) is 11.0 Å². The lowest BCUT2D eigenvalue weighted by molar-refractivity contribution is -0.385. The molecule has 19 heavy (non-hydrogen) atoms. The molecule has 5 heteroatoms. The van der Waals surface area contributed by atoms with Crippen LogP contribution in [0.1, 0.15) is 37.7 Å². The van der Waals surface area contributed by atoms with E-state index in [0.29, 0.717) is 29.3 Å². The molecule has 1 fully saturated rings. The van der Waals surface area contributed by atoms with Crippen LogP contribution in [0.5, 0.6) is 0 Å². The van der Waals surface area contributed by atoms with Crippen LogP contribution in [0.25, 0.3) is 0 Å². The molecule has 1 atom stereocenters. The molecule has 2 rings (SSSR count). The molecule has 104 valence electrons. The Morgan fingerprint density at radius 1 is 1.42 bits per heavy atom. The summed E-state index contributed by atoms with van der Waals surface area (Å²) in [6.07, 6.45) is 5.19. The molecule has 0 spiro atoms. The van der Waals surface area contributed by atoms with Gasteiger partial charge in [-0.25, -0.2) is 0 Å². The fourth-order valence-corrected chi connectivity index (χ4v) is 3.01. The van der Waals surface area contributed by atoms with Crippen molar-refractivity contribution in [2.24, 2.45) is 5.92 Å². The fourth-order valence-electron chi connectivity index (χ4n) is 2.81. The molecule has 4 nitrogen and oxygen atoms in total. The standard InChI is InChI=1S/C14H18ClNO3/c15-12-6-7-13(16(18)19)11(9-12)5-8-14(17)10-3-1-2-4-10/h6-7,9-10,14,17H,1-5,8H2. The smallest absolute Gasteiger partial charge is 0.272 e. The van der Waals surface area contributed by atoms with Crippen LogP contribution in [0, 0.1) is 16.0 Å². The molecule has 1 aromatic carbocycles. The second-order valence-corrected chi connectivity index (χ2v) is 5.62. The Morgan fingerprint density at radius 3 is 2.74 bits per heavy atom. The first kappa shape index (κ1) is 14.3. The minimum atomic E-state index is -0.395. The molecule has 1 aliphatic carbocycles. The summed E-state index contributed by atoms with van der Waals surface area (Å²) in [6, 6.07) is 4.58. The van der Waals surface area contributed by atoms with Gasteiger partial charge in [0.15, 0.2) is 0 Å². The zero-order valence-corrected chi connectivity index (χ0v) is 11.5. The molecule has 0 aromatic heterocycles. The van der Waals surface area contributed by atoms with E-state index in [-0.39, 0.29) is 11.8 Å². The molecular formula is C14H18ClNO3. The first-order valence-electron chi connectivity index (χ1n) is 6.69. The third kappa shape index (κ3) is 3.67. The van der Waals surface area contributed by atoms with E-state index in [9.17, 15) is 15.2 Å². The fraction of sp³-hybridized carbons (Fsp3) is 0.571. The highest BCUT2D eigenvalue weighted by Gasteiger charge is 2.24. The third-order valence-corrected chi connectivity index (χ3v) is 4.13. The maximum absolute atomic E-state index is 10.9. The highest BCUT2D eigenvalue weighted by atomic mass is 35.5. The molecule has 1 saturated carbocycles. The minimum Gasteiger partial charge on any atom is -0.393 e. The van der Waals surface area contributed by atoms with Crippen molar-refractivity contribution in [1.29, 1.82) is 0 Å². The summed E-state index contributed by atoms with van der Waals surface area (Å²) in [5, 5.41) is 21.5. The Kier molecular flexibility index (Phi) is 4.77. The number of aryl methyl sites for hydroxylation is 1. The van der Waals surface area contributed by atoms with E-state index in [2.05, 4.69) is 0 Å². The summed E-state index contributed by atoms with van der Waals surface area (Å²) in [4.78, 5) is 10.5. The first-order valence-corrected chi connectivity index (χ1v) is 7.06. The lowest BCUT2D eigenvalue weighted by Gasteiger charge is -2.17. The van der Waals surface area contributed by atoms with Crippen LogP contribution in [-0.4, -0.2) is 16.1 Å². The number of hydrogen-bond acceptors (Lipinski definition) is 3. The van der Waals surface area contributed by atoms with Gasteiger partial charge in [-0.3, -0.25) is 10.1 Å². The summed E-state index contributed by atoms with van der Waals surface area (Å²) in [6.45, 7) is 0. The predicted molar refractivity (Wildman–Crippen MR) is 74.4 cm³/mol. The van der Waals surface area contributed by atoms with Crippen molar-refractivity contribution in [3.8, 4) is 0 Å². The van der Waals surface area contributed by atoms with Crippen LogP contribution in [-0.2, 0) is 6.42 Å². The van der Waals surface area contributed by atoms with Gasteiger partial charge >= 0.3 is 0 Å². The van der Waals surface area contributed by atoms with Crippen LogP contribution in [0.15, 0.2) is 18.2 Å². The average molecular weight is 284 g/mol. The van der Waals surface area contributed by atoms with E-state index in [1.165, 1.54) is 25.0 Å². The number of halogens is 1. The van der Waals surface area contributed by atoms with Gasteiger partial charge in [-0.2, -0.15) is 0 Å². The van der Waals surface area contributed by atoms with Crippen LogP contribution in [0.2, 0.25) is 5.02 Å². The van der Waals surface area contributed by atoms with Gasteiger partial charge in [0.25, 0.3) is 5.69 Å². The van der Waals surface area contributed by atoms with Crippen LogP contribution < -0.4 is 0 Å². The molecule has 0 heterocycles. The van der Waals surface area contributed by atoms with Crippen molar-refractivity contribution in [3.05, 3.63) is 38.9 Å². The maximum atomic E-state index is 10.9. The third-order valence-electron chi connectivity index (χ3n) is 3.89. The second kappa shape index (κ2) is 6.35. The summed E-state index contributed by atoms with van der Waals surface area (Å²) in [5.41, 5.74) is 0.692. The Labute approximate surface area is 117 Å². The first-order chi connectivity index (χ1) is 9.08. The lowest BCUT2D eigenvalue weighted by Crippen LogP contribution is -2.18. The SMILES string of the molecule is O=[N+]([O-])c1ccc(Cl)cc1CCC(O)C1CCCC1. The van der Waals surface area contributed by atoms with Crippen molar-refractivity contribution in [3.63, 3.8) is 0 Å². The molecule has 0 radical (unpaired) electrons. The number of aliphatic hydroxyl groups excluding tert-OH is 1. The molecule has 1 aromatic rings. The van der Waals surface area contributed by atoms with Crippen molar-refractivity contribution in [1.82, 2.24) is 0 Å². The number of rotatable bonds is 5. The van der Waals surface area contributed by atoms with Crippen molar-refractivity contribution >= 4 is 17.3 Å². The molecular weight excluding hydrogens is 266 g/mol. The average Bonchev–Trinajstić information content (AvgIpc) is 2.89. The monoisotopic (exact) mass is 283 g/mol. The molecule has 0 bridgehead atoms. The Hall–Kier alpha value is -1.13.